The van der Waals surface area contributed by atoms with Crippen molar-refractivity contribution >= 4 is 35.8 Å². The van der Waals surface area contributed by atoms with Crippen molar-refractivity contribution in [3.63, 3.8) is 0 Å². The zero-order valence-electron chi connectivity index (χ0n) is 27.9. The standard InChI is InChI=1S/C32H44O14/c1-14-21(41-15(2)33)12-31(29(8,9)39)24(14)25(43-17(4)35)27(44-18(5)36)30(10)22(42-16(3)34)11-23-32(13-40-23,46-20(7)38)26(30)28(31)45-19(6)37/h21-23,25-28,39H,11-13H2,1-10H3/t21-,22-,23+,25+,26-,27-,28-,30+,31+,32-/m0/s1. The maximum Gasteiger partial charge on any atom is 0.303 e. The average molecular weight is 653 g/mol. The second-order valence-electron chi connectivity index (χ2n) is 13.5. The Hall–Kier alpha value is -3.52. The van der Waals surface area contributed by atoms with Gasteiger partial charge in [0.1, 0.15) is 24.4 Å². The smallest absolute Gasteiger partial charge is 0.303 e. The third-order valence-corrected chi connectivity index (χ3v) is 10.2. The summed E-state index contributed by atoms with van der Waals surface area (Å²) in [5, 5.41) is 12.3. The van der Waals surface area contributed by atoms with Crippen LogP contribution in [0.5, 0.6) is 0 Å². The Morgan fingerprint density at radius 1 is 0.783 bits per heavy atom. The summed E-state index contributed by atoms with van der Waals surface area (Å²) in [4.78, 5) is 76.7. The summed E-state index contributed by atoms with van der Waals surface area (Å²) in [5.74, 6) is -5.59. The van der Waals surface area contributed by atoms with Crippen LogP contribution in [0.15, 0.2) is 11.1 Å². The topological polar surface area (TPSA) is 187 Å². The molecule has 3 aliphatic carbocycles. The molecule has 1 N–H and O–H groups in total. The first kappa shape index (κ1) is 35.3. The fraction of sp³-hybridized carbons (Fsp3) is 0.750. The first-order valence-electron chi connectivity index (χ1n) is 15.2. The highest BCUT2D eigenvalue weighted by atomic mass is 16.6. The summed E-state index contributed by atoms with van der Waals surface area (Å²) >= 11 is 0. The molecular formula is C32H44O14. The lowest BCUT2D eigenvalue weighted by Crippen LogP contribution is -2.79. The molecule has 1 aliphatic heterocycles. The lowest BCUT2D eigenvalue weighted by atomic mass is 9.49. The number of esters is 6. The minimum absolute atomic E-state index is 0.0270. The number of hydrogen-bond donors (Lipinski definition) is 1. The van der Waals surface area contributed by atoms with Crippen molar-refractivity contribution in [2.75, 3.05) is 6.61 Å². The van der Waals surface area contributed by atoms with Gasteiger partial charge in [0.15, 0.2) is 17.8 Å². The summed E-state index contributed by atoms with van der Waals surface area (Å²) in [5.41, 5.74) is -6.18. The van der Waals surface area contributed by atoms with Crippen molar-refractivity contribution in [3.8, 4) is 0 Å². The molecule has 0 bridgehead atoms. The summed E-state index contributed by atoms with van der Waals surface area (Å²) in [7, 11) is 0. The van der Waals surface area contributed by atoms with Crippen molar-refractivity contribution in [3.05, 3.63) is 11.1 Å². The molecule has 0 aromatic carbocycles. The molecule has 4 aliphatic rings. The van der Waals surface area contributed by atoms with E-state index in [0.29, 0.717) is 5.57 Å². The summed E-state index contributed by atoms with van der Waals surface area (Å²) in [6.45, 7) is 13.1. The Morgan fingerprint density at radius 2 is 1.30 bits per heavy atom. The highest BCUT2D eigenvalue weighted by Gasteiger charge is 2.80. The van der Waals surface area contributed by atoms with Gasteiger partial charge in [0.25, 0.3) is 0 Å². The van der Waals surface area contributed by atoms with E-state index in [-0.39, 0.29) is 25.0 Å². The monoisotopic (exact) mass is 652 g/mol. The van der Waals surface area contributed by atoms with Crippen molar-refractivity contribution in [1.82, 2.24) is 0 Å². The van der Waals surface area contributed by atoms with E-state index in [0.717, 1.165) is 13.8 Å². The molecule has 46 heavy (non-hydrogen) atoms. The van der Waals surface area contributed by atoms with E-state index < -0.39 is 100 Å². The van der Waals surface area contributed by atoms with Crippen LogP contribution in [-0.2, 0) is 61.9 Å². The first-order chi connectivity index (χ1) is 21.1. The molecule has 1 heterocycles. The van der Waals surface area contributed by atoms with Gasteiger partial charge in [-0.05, 0) is 31.9 Å². The highest BCUT2D eigenvalue weighted by Crippen LogP contribution is 2.69. The van der Waals surface area contributed by atoms with Crippen LogP contribution in [0, 0.1) is 16.7 Å². The molecule has 256 valence electrons. The van der Waals surface area contributed by atoms with Gasteiger partial charge in [-0.1, -0.05) is 6.92 Å². The van der Waals surface area contributed by atoms with Crippen molar-refractivity contribution in [2.45, 2.75) is 130 Å². The van der Waals surface area contributed by atoms with E-state index in [4.69, 9.17) is 33.2 Å². The van der Waals surface area contributed by atoms with Crippen molar-refractivity contribution in [1.29, 1.82) is 0 Å². The number of hydrogen-bond acceptors (Lipinski definition) is 14. The predicted octanol–water partition coefficient (Wildman–Crippen LogP) is 1.86. The van der Waals surface area contributed by atoms with E-state index in [2.05, 4.69) is 0 Å². The fourth-order valence-corrected chi connectivity index (χ4v) is 8.71. The van der Waals surface area contributed by atoms with Crippen molar-refractivity contribution < 1.29 is 67.0 Å². The van der Waals surface area contributed by atoms with E-state index in [1.165, 1.54) is 41.5 Å². The highest BCUT2D eigenvalue weighted by molar-refractivity contribution is 5.71. The Balaban J connectivity index is 2.25. The SMILES string of the molecule is CC(=O)O[C@H]1C[C@@]2(C(C)(C)O)C(=C1C)[C@@H](OC(C)=O)[C@H](OC(C)=O)[C@]1(C)[C@@H](OC(C)=O)C[C@H]3OC[C@@]3(OC(C)=O)[C@H]1[C@@H]2OC(C)=O. The minimum atomic E-state index is -1.84. The largest absolute Gasteiger partial charge is 0.462 e. The molecule has 14 nitrogen and oxygen atoms in total. The van der Waals surface area contributed by atoms with Crippen LogP contribution in [0.3, 0.4) is 0 Å². The van der Waals surface area contributed by atoms with Crippen LogP contribution in [0.4, 0.5) is 0 Å². The van der Waals surface area contributed by atoms with Gasteiger partial charge in [0.05, 0.1) is 29.0 Å². The first-order valence-corrected chi connectivity index (χ1v) is 15.2. The summed E-state index contributed by atoms with van der Waals surface area (Å²) in [6.07, 6.45) is -7.59. The van der Waals surface area contributed by atoms with E-state index in [9.17, 15) is 33.9 Å². The molecule has 14 heteroatoms. The molecule has 0 spiro atoms. The van der Waals surface area contributed by atoms with E-state index in [1.54, 1.807) is 13.8 Å². The van der Waals surface area contributed by atoms with Gasteiger partial charge in [-0.15, -0.1) is 0 Å². The summed E-state index contributed by atoms with van der Waals surface area (Å²) < 4.78 is 41.9. The quantitative estimate of drug-likeness (QED) is 0.238. The zero-order chi connectivity index (χ0) is 34.7. The molecule has 10 atom stereocenters. The van der Waals surface area contributed by atoms with Gasteiger partial charge in [-0.25, -0.2) is 0 Å². The molecule has 0 aromatic heterocycles. The maximum absolute atomic E-state index is 13.1. The second kappa shape index (κ2) is 11.9. The van der Waals surface area contributed by atoms with Gasteiger partial charge in [0.2, 0.25) is 0 Å². The van der Waals surface area contributed by atoms with Gasteiger partial charge in [-0.2, -0.15) is 0 Å². The molecule has 3 fully saturated rings. The number of fused-ring (bicyclic) bond motifs is 4. The van der Waals surface area contributed by atoms with Gasteiger partial charge < -0.3 is 38.3 Å². The van der Waals surface area contributed by atoms with Crippen molar-refractivity contribution in [2.24, 2.45) is 16.7 Å². The Bertz CT molecular complexity index is 1360. The van der Waals surface area contributed by atoms with Crippen LogP contribution in [0.25, 0.3) is 0 Å². The molecule has 0 aromatic rings. The fourth-order valence-electron chi connectivity index (χ4n) is 8.71. The Kier molecular flexibility index (Phi) is 9.16. The Morgan fingerprint density at radius 3 is 1.74 bits per heavy atom. The van der Waals surface area contributed by atoms with Crippen LogP contribution in [-0.4, -0.2) is 95.4 Å². The van der Waals surface area contributed by atoms with Gasteiger partial charge in [0, 0.05) is 54.4 Å². The average Bonchev–Trinajstić information content (AvgIpc) is 3.13. The third-order valence-electron chi connectivity index (χ3n) is 10.2. The molecule has 0 radical (unpaired) electrons. The number of rotatable bonds is 7. The Labute approximate surface area is 267 Å². The molecule has 4 rings (SSSR count). The van der Waals surface area contributed by atoms with Crippen LogP contribution < -0.4 is 0 Å². The second-order valence-corrected chi connectivity index (χ2v) is 13.5. The predicted molar refractivity (Wildman–Crippen MR) is 154 cm³/mol. The zero-order valence-corrected chi connectivity index (χ0v) is 27.9. The molecule has 1 saturated heterocycles. The lowest BCUT2D eigenvalue weighted by Gasteiger charge is -2.65. The molecule has 0 amide bonds. The van der Waals surface area contributed by atoms with Gasteiger partial charge in [-0.3, -0.25) is 28.8 Å². The third kappa shape index (κ3) is 5.46. The number of carbonyl (C=O) groups is 6. The van der Waals surface area contributed by atoms with Crippen LogP contribution in [0.1, 0.15) is 82.1 Å². The number of aliphatic hydroxyl groups is 1. The molecule has 2 saturated carbocycles. The van der Waals surface area contributed by atoms with Crippen LogP contribution in [0.2, 0.25) is 0 Å². The summed E-state index contributed by atoms with van der Waals surface area (Å²) in [6, 6.07) is 0. The van der Waals surface area contributed by atoms with E-state index >= 15 is 0 Å². The van der Waals surface area contributed by atoms with E-state index in [1.807, 2.05) is 0 Å². The number of ether oxygens (including phenoxy) is 7. The normalized spacial score (nSPS) is 38.0. The van der Waals surface area contributed by atoms with Gasteiger partial charge >= 0.3 is 35.8 Å². The molecule has 0 unspecified atom stereocenters. The lowest BCUT2D eigenvalue weighted by molar-refractivity contribution is -0.353. The minimum Gasteiger partial charge on any atom is -0.462 e. The maximum atomic E-state index is 13.1. The number of carbonyl (C=O) groups excluding carboxylic acids is 6. The molecular weight excluding hydrogens is 608 g/mol. The van der Waals surface area contributed by atoms with Crippen LogP contribution >= 0.6 is 0 Å².